The van der Waals surface area contributed by atoms with Gasteiger partial charge in [0.25, 0.3) is 0 Å². The first-order valence-corrected chi connectivity index (χ1v) is 5.56. The van der Waals surface area contributed by atoms with Gasteiger partial charge in [0, 0.05) is 12.5 Å². The van der Waals surface area contributed by atoms with Crippen molar-refractivity contribution in [1.82, 2.24) is 5.32 Å². The monoisotopic (exact) mass is 226 g/mol. The molecule has 0 aromatic heterocycles. The van der Waals surface area contributed by atoms with Gasteiger partial charge in [-0.1, -0.05) is 19.9 Å². The highest BCUT2D eigenvalue weighted by Gasteiger charge is 2.36. The molecule has 1 amide bonds. The van der Waals surface area contributed by atoms with E-state index in [0.717, 1.165) is 0 Å². The average molecular weight is 226 g/mol. The Morgan fingerprint density at radius 1 is 1.56 bits per heavy atom. The van der Waals surface area contributed by atoms with Crippen molar-refractivity contribution in [3.8, 4) is 0 Å². The van der Waals surface area contributed by atoms with Gasteiger partial charge in [0.1, 0.15) is 5.78 Å². The molecule has 3 N–H and O–H groups in total. The molecule has 0 aromatic carbocycles. The minimum atomic E-state index is -0.806. The van der Waals surface area contributed by atoms with Crippen molar-refractivity contribution < 1.29 is 9.59 Å². The quantitative estimate of drug-likeness (QED) is 0.607. The van der Waals surface area contributed by atoms with E-state index in [1.807, 2.05) is 13.8 Å². The minimum absolute atomic E-state index is 0.0690. The fourth-order valence-corrected chi connectivity index (χ4v) is 1.64. The second-order valence-electron chi connectivity index (χ2n) is 4.19. The first kappa shape index (κ1) is 14.8. The lowest BCUT2D eigenvalue weighted by Crippen LogP contribution is -2.56. The van der Waals surface area contributed by atoms with E-state index in [0.29, 0.717) is 19.4 Å². The number of hydrogen-bond donors (Lipinski definition) is 2. The highest BCUT2D eigenvalue weighted by Crippen LogP contribution is 2.21. The lowest BCUT2D eigenvalue weighted by atomic mass is 9.83. The number of nitrogens with two attached hydrogens (primary N) is 1. The van der Waals surface area contributed by atoms with Gasteiger partial charge in [0.15, 0.2) is 0 Å². The Bertz CT molecular complexity index is 276. The molecule has 0 aromatic rings. The van der Waals surface area contributed by atoms with Gasteiger partial charge < -0.3 is 5.73 Å². The second kappa shape index (κ2) is 6.43. The summed E-state index contributed by atoms with van der Waals surface area (Å²) in [4.78, 5) is 22.8. The molecule has 0 radical (unpaired) electrons. The largest absolute Gasteiger partial charge is 0.368 e. The number of Topliss-reactive ketones (excluding diaryl/α,β-unsaturated/α-hetero) is 1. The van der Waals surface area contributed by atoms with Gasteiger partial charge in [-0.25, -0.2) is 0 Å². The van der Waals surface area contributed by atoms with E-state index in [9.17, 15) is 9.59 Å². The fourth-order valence-electron chi connectivity index (χ4n) is 1.64. The van der Waals surface area contributed by atoms with Crippen molar-refractivity contribution in [2.75, 3.05) is 6.54 Å². The number of amides is 1. The van der Waals surface area contributed by atoms with Gasteiger partial charge in [0.05, 0.1) is 5.54 Å². The molecule has 0 rings (SSSR count). The normalized spacial score (nSPS) is 16.2. The van der Waals surface area contributed by atoms with Crippen LogP contribution in [-0.4, -0.2) is 23.8 Å². The number of primary amides is 1. The third-order valence-electron chi connectivity index (χ3n) is 3.01. The van der Waals surface area contributed by atoms with E-state index < -0.39 is 11.4 Å². The zero-order chi connectivity index (χ0) is 12.8. The summed E-state index contributed by atoms with van der Waals surface area (Å²) in [7, 11) is 0. The summed E-state index contributed by atoms with van der Waals surface area (Å²) in [5.41, 5.74) is 4.62. The highest BCUT2D eigenvalue weighted by molar-refractivity contribution is 5.86. The molecular formula is C12H22N2O2. The van der Waals surface area contributed by atoms with Crippen LogP contribution in [0.3, 0.4) is 0 Å². The average Bonchev–Trinajstić information content (AvgIpc) is 2.23. The SMILES string of the molecule is C=CCNC(CC)(C[C@H](C)C(C)=O)C(N)=O. The minimum Gasteiger partial charge on any atom is -0.368 e. The van der Waals surface area contributed by atoms with Crippen LogP contribution in [0.25, 0.3) is 0 Å². The summed E-state index contributed by atoms with van der Waals surface area (Å²) in [6.07, 6.45) is 2.67. The first-order chi connectivity index (χ1) is 7.39. The molecule has 0 bridgehead atoms. The van der Waals surface area contributed by atoms with E-state index in [2.05, 4.69) is 11.9 Å². The van der Waals surface area contributed by atoms with Gasteiger partial charge in [-0.15, -0.1) is 6.58 Å². The van der Waals surface area contributed by atoms with Crippen molar-refractivity contribution >= 4 is 11.7 Å². The third kappa shape index (κ3) is 3.77. The number of rotatable bonds is 8. The van der Waals surface area contributed by atoms with E-state index in [1.54, 1.807) is 6.08 Å². The van der Waals surface area contributed by atoms with Crippen LogP contribution in [0.5, 0.6) is 0 Å². The molecular weight excluding hydrogens is 204 g/mol. The number of carbonyl (C=O) groups is 2. The predicted octanol–water partition coefficient (Wildman–Crippen LogP) is 1.01. The maximum atomic E-state index is 11.5. The van der Waals surface area contributed by atoms with Crippen molar-refractivity contribution in [2.45, 2.75) is 39.2 Å². The van der Waals surface area contributed by atoms with Crippen LogP contribution in [0.15, 0.2) is 12.7 Å². The molecule has 1 unspecified atom stereocenters. The van der Waals surface area contributed by atoms with E-state index in [4.69, 9.17) is 5.73 Å². The molecule has 4 heteroatoms. The van der Waals surface area contributed by atoms with E-state index in [-0.39, 0.29) is 11.7 Å². The van der Waals surface area contributed by atoms with Crippen LogP contribution in [0.4, 0.5) is 0 Å². The molecule has 0 aliphatic heterocycles. The molecule has 0 saturated heterocycles. The van der Waals surface area contributed by atoms with Gasteiger partial charge in [0.2, 0.25) is 5.91 Å². The van der Waals surface area contributed by atoms with Crippen molar-refractivity contribution in [3.05, 3.63) is 12.7 Å². The number of hydrogen-bond acceptors (Lipinski definition) is 3. The Kier molecular flexibility index (Phi) is 5.96. The zero-order valence-corrected chi connectivity index (χ0v) is 10.4. The van der Waals surface area contributed by atoms with E-state index >= 15 is 0 Å². The summed E-state index contributed by atoms with van der Waals surface area (Å²) < 4.78 is 0. The van der Waals surface area contributed by atoms with Crippen LogP contribution in [0.2, 0.25) is 0 Å². The molecule has 0 aliphatic carbocycles. The molecule has 0 saturated carbocycles. The van der Waals surface area contributed by atoms with Gasteiger partial charge in [-0.3, -0.25) is 14.9 Å². The smallest absolute Gasteiger partial charge is 0.237 e. The molecule has 0 fully saturated rings. The molecule has 0 aliphatic rings. The molecule has 0 heterocycles. The Hall–Kier alpha value is -1.16. The van der Waals surface area contributed by atoms with Gasteiger partial charge in [-0.2, -0.15) is 0 Å². The summed E-state index contributed by atoms with van der Waals surface area (Å²) in [5.74, 6) is -0.519. The third-order valence-corrected chi connectivity index (χ3v) is 3.01. The van der Waals surface area contributed by atoms with Gasteiger partial charge >= 0.3 is 0 Å². The van der Waals surface area contributed by atoms with Crippen LogP contribution in [0.1, 0.15) is 33.6 Å². The second-order valence-corrected chi connectivity index (χ2v) is 4.19. The summed E-state index contributed by atoms with van der Waals surface area (Å²) in [6, 6.07) is 0. The number of ketones is 1. The number of nitrogens with one attached hydrogen (secondary N) is 1. The first-order valence-electron chi connectivity index (χ1n) is 5.56. The molecule has 16 heavy (non-hydrogen) atoms. The number of carbonyl (C=O) groups excluding carboxylic acids is 2. The maximum absolute atomic E-state index is 11.5. The van der Waals surface area contributed by atoms with Crippen LogP contribution in [-0.2, 0) is 9.59 Å². The lowest BCUT2D eigenvalue weighted by molar-refractivity contribution is -0.126. The maximum Gasteiger partial charge on any atom is 0.237 e. The van der Waals surface area contributed by atoms with Gasteiger partial charge in [-0.05, 0) is 19.8 Å². The highest BCUT2D eigenvalue weighted by atomic mass is 16.1. The van der Waals surface area contributed by atoms with Crippen LogP contribution >= 0.6 is 0 Å². The molecule has 2 atom stereocenters. The van der Waals surface area contributed by atoms with E-state index in [1.165, 1.54) is 6.92 Å². The lowest BCUT2D eigenvalue weighted by Gasteiger charge is -2.32. The van der Waals surface area contributed by atoms with Crippen LogP contribution < -0.4 is 11.1 Å². The summed E-state index contributed by atoms with van der Waals surface area (Å²) in [5, 5.41) is 3.07. The Balaban J connectivity index is 4.82. The topological polar surface area (TPSA) is 72.2 Å². The fraction of sp³-hybridized carbons (Fsp3) is 0.667. The molecule has 4 nitrogen and oxygen atoms in total. The Labute approximate surface area is 97.3 Å². The Morgan fingerprint density at radius 2 is 2.12 bits per heavy atom. The summed E-state index contributed by atoms with van der Waals surface area (Å²) in [6.45, 7) is 9.31. The molecule has 0 spiro atoms. The standard InChI is InChI=1S/C12H22N2O2/c1-5-7-14-12(6-2,11(13)16)8-9(3)10(4)15/h5,9,14H,1,6-8H2,2-4H3,(H2,13,16)/t9-,12?/m0/s1. The van der Waals surface area contributed by atoms with Crippen molar-refractivity contribution in [2.24, 2.45) is 11.7 Å². The van der Waals surface area contributed by atoms with Crippen molar-refractivity contribution in [3.63, 3.8) is 0 Å². The predicted molar refractivity (Wildman–Crippen MR) is 64.9 cm³/mol. The van der Waals surface area contributed by atoms with Crippen LogP contribution in [0, 0.1) is 5.92 Å². The Morgan fingerprint density at radius 3 is 2.44 bits per heavy atom. The summed E-state index contributed by atoms with van der Waals surface area (Å²) >= 11 is 0. The zero-order valence-electron chi connectivity index (χ0n) is 10.4. The van der Waals surface area contributed by atoms with Crippen molar-refractivity contribution in [1.29, 1.82) is 0 Å². The molecule has 92 valence electrons.